The summed E-state index contributed by atoms with van der Waals surface area (Å²) >= 11 is 0. The van der Waals surface area contributed by atoms with Crippen LogP contribution in [0.1, 0.15) is 25.7 Å². The molecule has 3 aliphatic heterocycles. The molecule has 0 bridgehead atoms. The van der Waals surface area contributed by atoms with E-state index in [0.29, 0.717) is 26.3 Å². The molecule has 2 aromatic heterocycles. The van der Waals surface area contributed by atoms with Gasteiger partial charge in [-0.05, 0) is 37.8 Å². The predicted octanol–water partition coefficient (Wildman–Crippen LogP) is 2.01. The smallest absolute Gasteiger partial charge is 0.251 e. The van der Waals surface area contributed by atoms with Gasteiger partial charge in [0.2, 0.25) is 0 Å². The Morgan fingerprint density at radius 2 is 2.00 bits per heavy atom. The molecule has 0 saturated carbocycles. The number of carbonyl (C=O) groups excluding carboxylic acids is 1. The number of fused-ring (bicyclic) bond motifs is 1. The van der Waals surface area contributed by atoms with E-state index in [4.69, 9.17) is 9.47 Å². The number of ether oxygens (including phenoxy) is 2. The molecule has 1 amide bonds. The molecule has 0 aromatic carbocycles. The Balaban J connectivity index is 1.29. The van der Waals surface area contributed by atoms with E-state index in [0.717, 1.165) is 55.5 Å². The van der Waals surface area contributed by atoms with Gasteiger partial charge in [-0.25, -0.2) is 4.98 Å². The minimum Gasteiger partial charge on any atom is -0.371 e. The Hall–Kier alpha value is -2.25. The molecule has 5 heterocycles. The van der Waals surface area contributed by atoms with Gasteiger partial charge in [0.1, 0.15) is 11.6 Å². The van der Waals surface area contributed by atoms with E-state index in [2.05, 4.69) is 20.9 Å². The molecule has 1 spiro atoms. The van der Waals surface area contributed by atoms with Crippen LogP contribution in [0.4, 0.5) is 5.82 Å². The number of hydrogen-bond donors (Lipinski definition) is 0. The maximum atomic E-state index is 12.8. The summed E-state index contributed by atoms with van der Waals surface area (Å²) in [7, 11) is 0. The first-order valence-corrected chi connectivity index (χ1v) is 10.2. The third-order valence-corrected chi connectivity index (χ3v) is 6.24. The molecule has 1 atom stereocenters. The lowest BCUT2D eigenvalue weighted by molar-refractivity contribution is -0.162. The molecule has 3 aliphatic rings. The number of hydrogen-bond acceptors (Lipinski definition) is 6. The number of piperidine rings is 1. The number of morpholine rings is 1. The highest BCUT2D eigenvalue weighted by atomic mass is 16.5. The standard InChI is InChI=1S/C21H26N4O3/c26-20(17-4-2-13-27-17)25-12-14-28-21(15-25)6-10-24(11-7-21)19-18-16(5-9-23-19)3-1-8-22-18/h1,3,5,8-9,17H,2,4,6-7,10-15H2. The highest BCUT2D eigenvalue weighted by Crippen LogP contribution is 2.34. The molecule has 2 aromatic rings. The van der Waals surface area contributed by atoms with E-state index in [1.54, 1.807) is 0 Å². The summed E-state index contributed by atoms with van der Waals surface area (Å²) in [6.45, 7) is 4.34. The molecule has 1 unspecified atom stereocenters. The summed E-state index contributed by atoms with van der Waals surface area (Å²) in [5, 5.41) is 1.11. The lowest BCUT2D eigenvalue weighted by atomic mass is 9.89. The number of anilines is 1. The van der Waals surface area contributed by atoms with Crippen molar-refractivity contribution >= 4 is 22.6 Å². The zero-order valence-electron chi connectivity index (χ0n) is 16.0. The van der Waals surface area contributed by atoms with E-state index in [1.165, 1.54) is 0 Å². The molecule has 7 nitrogen and oxygen atoms in total. The fourth-order valence-corrected chi connectivity index (χ4v) is 4.66. The van der Waals surface area contributed by atoms with Gasteiger partial charge in [0.25, 0.3) is 5.91 Å². The van der Waals surface area contributed by atoms with Gasteiger partial charge in [0.05, 0.1) is 12.2 Å². The zero-order valence-corrected chi connectivity index (χ0v) is 16.0. The second-order valence-corrected chi connectivity index (χ2v) is 7.99. The second kappa shape index (κ2) is 7.29. The highest BCUT2D eigenvalue weighted by molar-refractivity contribution is 5.88. The first-order chi connectivity index (χ1) is 13.7. The van der Waals surface area contributed by atoms with Crippen LogP contribution in [0.5, 0.6) is 0 Å². The largest absolute Gasteiger partial charge is 0.371 e. The normalized spacial score (nSPS) is 24.8. The first-order valence-electron chi connectivity index (χ1n) is 10.2. The topological polar surface area (TPSA) is 67.8 Å². The third-order valence-electron chi connectivity index (χ3n) is 6.24. The number of aromatic nitrogens is 2. The van der Waals surface area contributed by atoms with Crippen molar-refractivity contribution in [2.45, 2.75) is 37.4 Å². The molecule has 3 fully saturated rings. The van der Waals surface area contributed by atoms with Crippen molar-refractivity contribution in [2.24, 2.45) is 0 Å². The van der Waals surface area contributed by atoms with Gasteiger partial charge in [0.15, 0.2) is 5.82 Å². The van der Waals surface area contributed by atoms with Gasteiger partial charge in [-0.2, -0.15) is 0 Å². The van der Waals surface area contributed by atoms with Crippen molar-refractivity contribution in [2.75, 3.05) is 44.3 Å². The van der Waals surface area contributed by atoms with Crippen molar-refractivity contribution < 1.29 is 14.3 Å². The maximum absolute atomic E-state index is 12.8. The number of pyridine rings is 2. The Morgan fingerprint density at radius 3 is 2.82 bits per heavy atom. The van der Waals surface area contributed by atoms with Gasteiger partial charge in [-0.15, -0.1) is 0 Å². The molecule has 3 saturated heterocycles. The van der Waals surface area contributed by atoms with Gasteiger partial charge in [-0.1, -0.05) is 6.07 Å². The maximum Gasteiger partial charge on any atom is 0.251 e. The highest BCUT2D eigenvalue weighted by Gasteiger charge is 2.43. The van der Waals surface area contributed by atoms with Crippen LogP contribution >= 0.6 is 0 Å². The zero-order chi connectivity index (χ0) is 19.0. The number of nitrogens with zero attached hydrogens (tertiary/aromatic N) is 4. The number of carbonyl (C=O) groups is 1. The minimum absolute atomic E-state index is 0.141. The summed E-state index contributed by atoms with van der Waals surface area (Å²) in [4.78, 5) is 26.2. The second-order valence-electron chi connectivity index (χ2n) is 7.99. The van der Waals surface area contributed by atoms with Crippen LogP contribution in [0.25, 0.3) is 10.9 Å². The molecule has 148 valence electrons. The average Bonchev–Trinajstić information content (AvgIpc) is 3.28. The van der Waals surface area contributed by atoms with Gasteiger partial charge < -0.3 is 19.3 Å². The van der Waals surface area contributed by atoms with Crippen LogP contribution in [0.2, 0.25) is 0 Å². The molecule has 0 radical (unpaired) electrons. The lowest BCUT2D eigenvalue weighted by Gasteiger charge is -2.47. The van der Waals surface area contributed by atoms with Gasteiger partial charge in [0, 0.05) is 50.6 Å². The summed E-state index contributed by atoms with van der Waals surface area (Å²) < 4.78 is 11.8. The van der Waals surface area contributed by atoms with Crippen molar-refractivity contribution in [3.63, 3.8) is 0 Å². The Labute approximate surface area is 164 Å². The van der Waals surface area contributed by atoms with Crippen molar-refractivity contribution in [1.29, 1.82) is 0 Å². The average molecular weight is 382 g/mol. The Morgan fingerprint density at radius 1 is 1.11 bits per heavy atom. The van der Waals surface area contributed by atoms with Gasteiger partial charge in [-0.3, -0.25) is 9.78 Å². The van der Waals surface area contributed by atoms with Crippen LogP contribution < -0.4 is 4.90 Å². The van der Waals surface area contributed by atoms with Crippen LogP contribution in [0.3, 0.4) is 0 Å². The van der Waals surface area contributed by atoms with E-state index in [9.17, 15) is 4.79 Å². The molecular weight excluding hydrogens is 356 g/mol. The van der Waals surface area contributed by atoms with Crippen molar-refractivity contribution in [3.8, 4) is 0 Å². The summed E-state index contributed by atoms with van der Waals surface area (Å²) in [6.07, 6.45) is 7.01. The summed E-state index contributed by atoms with van der Waals surface area (Å²) in [5.41, 5.74) is 0.696. The lowest BCUT2D eigenvalue weighted by Crippen LogP contribution is -2.59. The number of rotatable bonds is 2. The Kier molecular flexibility index (Phi) is 4.64. The van der Waals surface area contributed by atoms with Crippen LogP contribution in [-0.4, -0.2) is 71.9 Å². The SMILES string of the molecule is O=C(C1CCCO1)N1CCOC2(CCN(c3nccc4cccnc34)CC2)C1. The summed E-state index contributed by atoms with van der Waals surface area (Å²) in [5.74, 6) is 1.08. The predicted molar refractivity (Wildman–Crippen MR) is 105 cm³/mol. The fourth-order valence-electron chi connectivity index (χ4n) is 4.66. The quantitative estimate of drug-likeness (QED) is 0.792. The molecule has 7 heteroatoms. The Bertz CT molecular complexity index is 854. The van der Waals surface area contributed by atoms with Crippen LogP contribution in [0, 0.1) is 0 Å². The molecule has 0 aliphatic carbocycles. The molecule has 28 heavy (non-hydrogen) atoms. The molecular formula is C21H26N4O3. The van der Waals surface area contributed by atoms with Gasteiger partial charge >= 0.3 is 0 Å². The van der Waals surface area contributed by atoms with Crippen molar-refractivity contribution in [1.82, 2.24) is 14.9 Å². The van der Waals surface area contributed by atoms with E-state index >= 15 is 0 Å². The third kappa shape index (κ3) is 3.22. The van der Waals surface area contributed by atoms with Crippen LogP contribution in [-0.2, 0) is 14.3 Å². The first kappa shape index (κ1) is 17.8. The molecule has 5 rings (SSSR count). The molecule has 0 N–H and O–H groups in total. The van der Waals surface area contributed by atoms with Crippen LogP contribution in [0.15, 0.2) is 30.6 Å². The van der Waals surface area contributed by atoms with Crippen molar-refractivity contribution in [3.05, 3.63) is 30.6 Å². The summed E-state index contributed by atoms with van der Waals surface area (Å²) in [6, 6.07) is 6.01. The monoisotopic (exact) mass is 382 g/mol. The van der Waals surface area contributed by atoms with E-state index in [1.807, 2.05) is 29.4 Å². The van der Waals surface area contributed by atoms with E-state index < -0.39 is 0 Å². The van der Waals surface area contributed by atoms with E-state index in [-0.39, 0.29) is 17.6 Å². The number of amides is 1. The minimum atomic E-state index is -0.249. The fraction of sp³-hybridized carbons (Fsp3) is 0.571.